The van der Waals surface area contributed by atoms with E-state index < -0.39 is 0 Å². The number of phenols is 1. The van der Waals surface area contributed by atoms with Crippen LogP contribution >= 0.6 is 0 Å². The van der Waals surface area contributed by atoms with Gasteiger partial charge in [0.15, 0.2) is 0 Å². The van der Waals surface area contributed by atoms with E-state index in [1.165, 1.54) is 27.4 Å². The molecule has 10 aromatic rings. The predicted octanol–water partition coefficient (Wildman–Crippen LogP) is 17.1. The predicted molar refractivity (Wildman–Crippen MR) is 295 cm³/mol. The maximum absolute atomic E-state index is 12.1. The van der Waals surface area contributed by atoms with E-state index in [0.29, 0.717) is 0 Å². The van der Waals surface area contributed by atoms with Crippen LogP contribution in [0.5, 0.6) is 5.75 Å². The summed E-state index contributed by atoms with van der Waals surface area (Å²) in [6.07, 6.45) is 1.94. The average molecular weight is 1110 g/mol. The van der Waals surface area contributed by atoms with E-state index in [4.69, 9.17) is 9.97 Å². The zero-order valence-electron chi connectivity index (χ0n) is 43.5. The fourth-order valence-corrected chi connectivity index (χ4v) is 10.0. The standard InChI is InChI=1S/C65H65N4O.Pt/c1-62(2,3)45-34-42(35-46(37-45)63(4,5)6)41-31-43(49-24-20-28-57-58(49)67-61(68(57)13)53-38-47(64(7,8)9)39-54(60(53)70)65(10,11)12)33-44(32-41)55-36-40(29-30-66-55)50-25-19-26-52-51-23-17-18-27-56(51)69(59(50)52)48-21-15-14-16-22-48;/h14-32,34-39,70H,1-13H3;/q-1;. The fourth-order valence-electron chi connectivity index (χ4n) is 10.0. The van der Waals surface area contributed by atoms with Crippen molar-refractivity contribution < 1.29 is 26.2 Å². The summed E-state index contributed by atoms with van der Waals surface area (Å²) < 4.78 is 4.52. The second-order valence-electron chi connectivity index (χ2n) is 23.4. The number of aromatic hydroxyl groups is 1. The number of para-hydroxylation sites is 4. The number of aryl methyl sites for hydroxylation is 1. The number of nitrogens with zero attached hydrogens (tertiary/aromatic N) is 4. The molecule has 10 rings (SSSR count). The molecule has 0 fully saturated rings. The molecule has 0 aliphatic heterocycles. The number of phenolic OH excluding ortho intramolecular Hbond substituents is 1. The van der Waals surface area contributed by atoms with E-state index in [1.807, 2.05) is 6.20 Å². The summed E-state index contributed by atoms with van der Waals surface area (Å²) in [6.45, 7) is 26.9. The first kappa shape index (κ1) is 49.4. The zero-order valence-corrected chi connectivity index (χ0v) is 45.8. The topological polar surface area (TPSA) is 55.9 Å². The van der Waals surface area contributed by atoms with Gasteiger partial charge in [0.25, 0.3) is 0 Å². The minimum Gasteiger partial charge on any atom is -0.507 e. The van der Waals surface area contributed by atoms with Crippen molar-refractivity contribution in [2.24, 2.45) is 7.05 Å². The quantitative estimate of drug-likeness (QED) is 0.169. The molecule has 0 radical (unpaired) electrons. The number of fused-ring (bicyclic) bond motifs is 4. The first-order chi connectivity index (χ1) is 33.1. The number of imidazole rings is 1. The monoisotopic (exact) mass is 1110 g/mol. The van der Waals surface area contributed by atoms with Crippen molar-refractivity contribution in [1.29, 1.82) is 0 Å². The van der Waals surface area contributed by atoms with Gasteiger partial charge in [-0.05, 0) is 85.9 Å². The van der Waals surface area contributed by atoms with Gasteiger partial charge in [0.2, 0.25) is 0 Å². The SMILES string of the molecule is Cn1c(-c2cc(C(C)(C)C)cc(C(C)(C)C)c2O)nc2c(-c3[c-]c(-c4cc(-c5cccc6c7ccccc7n(-c7ccccc7)c56)ccn4)cc(-c4cc(C(C)(C)C)cc(C(C)(C)C)c4)c3)cccc21.[Pt]. The summed E-state index contributed by atoms with van der Waals surface area (Å²) in [5.74, 6) is 0.993. The van der Waals surface area contributed by atoms with E-state index in [-0.39, 0.29) is 48.5 Å². The van der Waals surface area contributed by atoms with Crippen molar-refractivity contribution in [3.05, 3.63) is 180 Å². The first-order valence-electron chi connectivity index (χ1n) is 24.7. The van der Waals surface area contributed by atoms with Crippen LogP contribution in [0.2, 0.25) is 0 Å². The van der Waals surface area contributed by atoms with Gasteiger partial charge < -0.3 is 14.2 Å². The van der Waals surface area contributed by atoms with Crippen molar-refractivity contribution in [1.82, 2.24) is 19.1 Å². The Kier molecular flexibility index (Phi) is 12.5. The van der Waals surface area contributed by atoms with E-state index in [1.54, 1.807) is 0 Å². The Morgan fingerprint density at radius 1 is 0.493 bits per heavy atom. The molecule has 0 spiro atoms. The third-order valence-corrected chi connectivity index (χ3v) is 14.1. The van der Waals surface area contributed by atoms with Crippen LogP contribution in [0, 0.1) is 6.07 Å². The molecule has 7 aromatic carbocycles. The van der Waals surface area contributed by atoms with Gasteiger partial charge in [0, 0.05) is 67.6 Å². The molecule has 3 heterocycles. The van der Waals surface area contributed by atoms with Crippen LogP contribution in [0.4, 0.5) is 0 Å². The number of benzene rings is 7. The van der Waals surface area contributed by atoms with Crippen molar-refractivity contribution in [3.8, 4) is 67.5 Å². The molecule has 6 heteroatoms. The number of rotatable bonds is 6. The molecule has 71 heavy (non-hydrogen) atoms. The van der Waals surface area contributed by atoms with Crippen LogP contribution in [0.1, 0.15) is 105 Å². The summed E-state index contributed by atoms with van der Waals surface area (Å²) in [5, 5.41) is 14.5. The summed E-state index contributed by atoms with van der Waals surface area (Å²) >= 11 is 0. The van der Waals surface area contributed by atoms with Gasteiger partial charge in [-0.2, -0.15) is 0 Å². The molecule has 0 unspecified atom stereocenters. The summed E-state index contributed by atoms with van der Waals surface area (Å²) in [5.41, 5.74) is 18.1. The Labute approximate surface area is 434 Å². The number of hydrogen-bond acceptors (Lipinski definition) is 3. The van der Waals surface area contributed by atoms with Crippen LogP contribution in [-0.4, -0.2) is 24.2 Å². The van der Waals surface area contributed by atoms with Crippen LogP contribution in [0.3, 0.4) is 0 Å². The van der Waals surface area contributed by atoms with Gasteiger partial charge in [-0.3, -0.25) is 4.98 Å². The maximum Gasteiger partial charge on any atom is 0.143 e. The molecule has 0 saturated heterocycles. The van der Waals surface area contributed by atoms with E-state index in [0.717, 1.165) is 89.4 Å². The fraction of sp³-hybridized carbons (Fsp3) is 0.262. The number of pyridine rings is 1. The minimum atomic E-state index is -0.281. The third-order valence-electron chi connectivity index (χ3n) is 14.1. The normalized spacial score (nSPS) is 12.5. The Morgan fingerprint density at radius 2 is 1.07 bits per heavy atom. The molecule has 5 nitrogen and oxygen atoms in total. The third kappa shape index (κ3) is 9.08. The maximum atomic E-state index is 12.1. The van der Waals surface area contributed by atoms with Crippen molar-refractivity contribution in [3.63, 3.8) is 0 Å². The second kappa shape index (κ2) is 17.9. The summed E-state index contributed by atoms with van der Waals surface area (Å²) in [7, 11) is 2.05. The van der Waals surface area contributed by atoms with Gasteiger partial charge in [0.1, 0.15) is 11.6 Å². The summed E-state index contributed by atoms with van der Waals surface area (Å²) in [4.78, 5) is 10.6. The van der Waals surface area contributed by atoms with E-state index in [9.17, 15) is 5.11 Å². The Balaban J connectivity index is 0.00000624. The number of aromatic nitrogens is 4. The molecule has 3 aromatic heterocycles. The zero-order chi connectivity index (χ0) is 49.7. The van der Waals surface area contributed by atoms with E-state index >= 15 is 0 Å². The molecular formula is C65H65N4OPt-. The Bertz CT molecular complexity index is 3630. The first-order valence-corrected chi connectivity index (χ1v) is 24.7. The van der Waals surface area contributed by atoms with Gasteiger partial charge in [-0.25, -0.2) is 4.98 Å². The van der Waals surface area contributed by atoms with Crippen LogP contribution in [-0.2, 0) is 49.8 Å². The summed E-state index contributed by atoms with van der Waals surface area (Å²) in [6, 6.07) is 56.6. The molecule has 362 valence electrons. The molecule has 0 bridgehead atoms. The Morgan fingerprint density at radius 3 is 1.75 bits per heavy atom. The largest absolute Gasteiger partial charge is 0.507 e. The molecule has 0 saturated carbocycles. The average Bonchev–Trinajstić information content (AvgIpc) is 3.84. The molecular weight excluding hydrogens is 1050 g/mol. The Hall–Kier alpha value is -6.55. The van der Waals surface area contributed by atoms with Gasteiger partial charge in [0.05, 0.1) is 27.6 Å². The van der Waals surface area contributed by atoms with Crippen LogP contribution in [0.25, 0.3) is 94.6 Å². The van der Waals surface area contributed by atoms with Crippen LogP contribution in [0.15, 0.2) is 152 Å². The number of hydrogen-bond donors (Lipinski definition) is 1. The molecule has 0 atom stereocenters. The van der Waals surface area contributed by atoms with Gasteiger partial charge >= 0.3 is 0 Å². The van der Waals surface area contributed by atoms with Crippen molar-refractivity contribution >= 4 is 32.8 Å². The molecule has 0 amide bonds. The van der Waals surface area contributed by atoms with E-state index in [2.05, 4.69) is 251 Å². The molecule has 0 aliphatic rings. The van der Waals surface area contributed by atoms with Crippen molar-refractivity contribution in [2.75, 3.05) is 0 Å². The smallest absolute Gasteiger partial charge is 0.143 e. The minimum absolute atomic E-state index is 0. The van der Waals surface area contributed by atoms with Gasteiger partial charge in [-0.15, -0.1) is 23.8 Å². The second-order valence-corrected chi connectivity index (χ2v) is 23.4. The van der Waals surface area contributed by atoms with Crippen molar-refractivity contribution in [2.45, 2.75) is 105 Å². The van der Waals surface area contributed by atoms with Crippen LogP contribution < -0.4 is 0 Å². The molecule has 0 aliphatic carbocycles. The molecule has 1 N–H and O–H groups in total. The van der Waals surface area contributed by atoms with Gasteiger partial charge in [-0.1, -0.05) is 197 Å².